The molecule has 1 saturated heterocycles. The molecule has 37 heavy (non-hydrogen) atoms. The van der Waals surface area contributed by atoms with Crippen molar-refractivity contribution in [3.8, 4) is 11.4 Å². The maximum absolute atomic E-state index is 13.8. The minimum atomic E-state index is -0.544. The van der Waals surface area contributed by atoms with Crippen LogP contribution in [0.5, 0.6) is 5.75 Å². The second-order valence-corrected chi connectivity index (χ2v) is 9.38. The molecule has 3 heterocycles. The molecule has 5 rings (SSSR count). The fourth-order valence-corrected chi connectivity index (χ4v) is 4.95. The van der Waals surface area contributed by atoms with Crippen LogP contribution in [-0.4, -0.2) is 54.4 Å². The van der Waals surface area contributed by atoms with Crippen molar-refractivity contribution >= 4 is 29.2 Å². The number of esters is 1. The topological polar surface area (TPSA) is 94.0 Å². The zero-order chi connectivity index (χ0) is 26.1. The van der Waals surface area contributed by atoms with Crippen LogP contribution in [0.1, 0.15) is 53.2 Å². The smallest absolute Gasteiger partial charge is 0.359 e. The largest absolute Gasteiger partial charge is 0.497 e. The second-order valence-electron chi connectivity index (χ2n) is 9.38. The van der Waals surface area contributed by atoms with Gasteiger partial charge in [-0.15, -0.1) is 0 Å². The Morgan fingerprint density at radius 1 is 0.973 bits per heavy atom. The predicted octanol–water partition coefficient (Wildman–Crippen LogP) is 4.02. The van der Waals surface area contributed by atoms with E-state index in [1.54, 1.807) is 43.2 Å². The Bertz CT molecular complexity index is 1330. The van der Waals surface area contributed by atoms with Gasteiger partial charge >= 0.3 is 5.97 Å². The Morgan fingerprint density at radius 2 is 1.62 bits per heavy atom. The van der Waals surface area contributed by atoms with Gasteiger partial charge < -0.3 is 19.3 Å². The average Bonchev–Trinajstić information content (AvgIpc) is 3.31. The molecular weight excluding hydrogens is 472 g/mol. The molecule has 2 aliphatic heterocycles. The number of anilines is 2. The maximum Gasteiger partial charge on any atom is 0.359 e. The Morgan fingerprint density at radius 3 is 2.27 bits per heavy atom. The summed E-state index contributed by atoms with van der Waals surface area (Å²) in [6.07, 6.45) is 1.91. The summed E-state index contributed by atoms with van der Waals surface area (Å²) in [6, 6.07) is 14.6. The lowest BCUT2D eigenvalue weighted by atomic mass is 9.99. The molecule has 0 N–H and O–H groups in total. The number of hydrogen-bond acceptors (Lipinski definition) is 6. The molecule has 3 aromatic rings. The number of fused-ring (bicyclic) bond motifs is 1. The summed E-state index contributed by atoms with van der Waals surface area (Å²) in [5.41, 5.74) is 3.27. The van der Waals surface area contributed by atoms with Crippen molar-refractivity contribution in [3.05, 3.63) is 65.5 Å². The number of methoxy groups -OCH3 is 1. The van der Waals surface area contributed by atoms with Gasteiger partial charge in [0, 0.05) is 36.4 Å². The predicted molar refractivity (Wildman–Crippen MR) is 139 cm³/mol. The minimum Gasteiger partial charge on any atom is -0.497 e. The molecule has 1 aromatic heterocycles. The van der Waals surface area contributed by atoms with Crippen LogP contribution in [0.2, 0.25) is 0 Å². The lowest BCUT2D eigenvalue weighted by Gasteiger charge is -2.32. The first-order chi connectivity index (χ1) is 17.9. The summed E-state index contributed by atoms with van der Waals surface area (Å²) in [5, 5.41) is 4.51. The molecule has 2 amide bonds. The van der Waals surface area contributed by atoms with E-state index in [1.807, 2.05) is 29.2 Å². The quantitative estimate of drug-likeness (QED) is 0.473. The van der Waals surface area contributed by atoms with Crippen LogP contribution >= 0.6 is 0 Å². The average molecular weight is 503 g/mol. The summed E-state index contributed by atoms with van der Waals surface area (Å²) in [5.74, 6) is 0.448. The van der Waals surface area contributed by atoms with E-state index in [-0.39, 0.29) is 24.1 Å². The van der Waals surface area contributed by atoms with Crippen LogP contribution in [0.15, 0.2) is 48.5 Å². The Kier molecular flexibility index (Phi) is 6.69. The van der Waals surface area contributed by atoms with E-state index in [0.717, 1.165) is 17.8 Å². The number of amides is 2. The molecule has 2 aliphatic rings. The van der Waals surface area contributed by atoms with E-state index in [9.17, 15) is 14.4 Å². The highest BCUT2D eigenvalue weighted by Gasteiger charge is 2.35. The van der Waals surface area contributed by atoms with Gasteiger partial charge in [-0.1, -0.05) is 6.92 Å². The summed E-state index contributed by atoms with van der Waals surface area (Å²) in [7, 11) is 1.58. The van der Waals surface area contributed by atoms with Gasteiger partial charge in [-0.2, -0.15) is 5.10 Å². The normalized spacial score (nSPS) is 17.5. The van der Waals surface area contributed by atoms with E-state index < -0.39 is 5.97 Å². The van der Waals surface area contributed by atoms with E-state index in [1.165, 1.54) is 4.68 Å². The summed E-state index contributed by atoms with van der Waals surface area (Å²) in [6.45, 7) is 5.19. The molecule has 192 valence electrons. The zero-order valence-corrected chi connectivity index (χ0v) is 21.3. The number of piperidine rings is 1. The number of rotatable bonds is 6. The zero-order valence-electron chi connectivity index (χ0n) is 21.3. The van der Waals surface area contributed by atoms with Gasteiger partial charge in [0.2, 0.25) is 5.91 Å². The number of hydrogen-bond donors (Lipinski definition) is 0. The molecule has 0 bridgehead atoms. The molecule has 2 aromatic carbocycles. The van der Waals surface area contributed by atoms with Gasteiger partial charge in [-0.25, -0.2) is 9.48 Å². The van der Waals surface area contributed by atoms with Crippen molar-refractivity contribution in [2.24, 2.45) is 5.92 Å². The van der Waals surface area contributed by atoms with Gasteiger partial charge in [0.05, 0.1) is 19.4 Å². The van der Waals surface area contributed by atoms with Crippen molar-refractivity contribution in [1.82, 2.24) is 9.78 Å². The molecule has 1 unspecified atom stereocenters. The van der Waals surface area contributed by atoms with Crippen molar-refractivity contribution in [3.63, 3.8) is 0 Å². The number of carbonyl (C=O) groups is 3. The van der Waals surface area contributed by atoms with E-state index in [4.69, 9.17) is 9.47 Å². The van der Waals surface area contributed by atoms with Crippen LogP contribution in [-0.2, 0) is 16.0 Å². The lowest BCUT2D eigenvalue weighted by Crippen LogP contribution is -2.40. The molecule has 0 spiro atoms. The van der Waals surface area contributed by atoms with E-state index >= 15 is 0 Å². The van der Waals surface area contributed by atoms with Crippen molar-refractivity contribution < 1.29 is 23.9 Å². The third-order valence-corrected chi connectivity index (χ3v) is 6.92. The van der Waals surface area contributed by atoms with Crippen LogP contribution in [0.3, 0.4) is 0 Å². The summed E-state index contributed by atoms with van der Waals surface area (Å²) < 4.78 is 12.0. The van der Waals surface area contributed by atoms with Crippen molar-refractivity contribution in [2.75, 3.05) is 36.6 Å². The third-order valence-electron chi connectivity index (χ3n) is 6.92. The first-order valence-corrected chi connectivity index (χ1v) is 12.6. The highest BCUT2D eigenvalue weighted by Crippen LogP contribution is 2.31. The molecular formula is C28H30N4O5. The standard InChI is InChI=1S/C28H30N4O5/c1-4-37-28(35)25-23-15-16-30(19-6-8-20(9-7-19)31-17-18(2)5-14-24(31)33)27(34)26(23)32(29-25)21-10-12-22(36-3)13-11-21/h6-13,18H,4-5,14-17H2,1-3H3. The van der Waals surface area contributed by atoms with Crippen LogP contribution in [0.4, 0.5) is 11.4 Å². The minimum absolute atomic E-state index is 0.124. The van der Waals surface area contributed by atoms with E-state index in [2.05, 4.69) is 12.0 Å². The molecule has 0 saturated carbocycles. The van der Waals surface area contributed by atoms with E-state index in [0.29, 0.717) is 54.5 Å². The Hall–Kier alpha value is -4.14. The first-order valence-electron chi connectivity index (χ1n) is 12.6. The lowest BCUT2D eigenvalue weighted by molar-refractivity contribution is -0.120. The summed E-state index contributed by atoms with van der Waals surface area (Å²) >= 11 is 0. The SMILES string of the molecule is CCOC(=O)c1nn(-c2ccc(OC)cc2)c2c1CCN(c1ccc(N3CC(C)CCC3=O)cc1)C2=O. The highest BCUT2D eigenvalue weighted by molar-refractivity contribution is 6.09. The Labute approximate surface area is 215 Å². The molecule has 9 heteroatoms. The monoisotopic (exact) mass is 502 g/mol. The van der Waals surface area contributed by atoms with Gasteiger partial charge in [-0.3, -0.25) is 9.59 Å². The molecule has 1 atom stereocenters. The number of benzene rings is 2. The third kappa shape index (κ3) is 4.57. The molecule has 9 nitrogen and oxygen atoms in total. The highest BCUT2D eigenvalue weighted by atomic mass is 16.5. The maximum atomic E-state index is 13.8. The summed E-state index contributed by atoms with van der Waals surface area (Å²) in [4.78, 5) is 42.5. The van der Waals surface area contributed by atoms with Crippen LogP contribution in [0.25, 0.3) is 5.69 Å². The number of aromatic nitrogens is 2. The van der Waals surface area contributed by atoms with Crippen molar-refractivity contribution in [1.29, 1.82) is 0 Å². The Balaban J connectivity index is 1.49. The fourth-order valence-electron chi connectivity index (χ4n) is 4.95. The first kappa shape index (κ1) is 24.5. The van der Waals surface area contributed by atoms with Gasteiger partial charge in [0.1, 0.15) is 11.4 Å². The second kappa shape index (κ2) is 10.1. The number of ether oxygens (including phenoxy) is 2. The van der Waals surface area contributed by atoms with Gasteiger partial charge in [-0.05, 0) is 74.2 Å². The molecule has 0 radical (unpaired) electrons. The van der Waals surface area contributed by atoms with Gasteiger partial charge in [0.15, 0.2) is 5.69 Å². The molecule has 0 aliphatic carbocycles. The number of carbonyl (C=O) groups excluding carboxylic acids is 3. The molecule has 1 fully saturated rings. The van der Waals surface area contributed by atoms with Crippen LogP contribution in [0, 0.1) is 5.92 Å². The van der Waals surface area contributed by atoms with Gasteiger partial charge in [0.25, 0.3) is 5.91 Å². The van der Waals surface area contributed by atoms with Crippen molar-refractivity contribution in [2.45, 2.75) is 33.1 Å². The fraction of sp³-hybridized carbons (Fsp3) is 0.357. The van der Waals surface area contributed by atoms with Crippen LogP contribution < -0.4 is 14.5 Å². The number of nitrogens with zero attached hydrogens (tertiary/aromatic N) is 4.